The van der Waals surface area contributed by atoms with Crippen molar-refractivity contribution in [2.75, 3.05) is 5.32 Å². The van der Waals surface area contributed by atoms with E-state index in [1.807, 2.05) is 24.4 Å². The Morgan fingerprint density at radius 1 is 1.47 bits per heavy atom. The number of nitrogens with one attached hydrogen (secondary N) is 2. The van der Waals surface area contributed by atoms with Gasteiger partial charge in [0.1, 0.15) is 29.2 Å². The lowest BCUT2D eigenvalue weighted by molar-refractivity contribution is 1.04. The average Bonchev–Trinajstić information content (AvgIpc) is 2.69. The third kappa shape index (κ3) is 2.11. The predicted molar refractivity (Wildman–Crippen MR) is 55.6 cm³/mol. The summed E-state index contributed by atoms with van der Waals surface area (Å²) in [6.45, 7) is 1.75. The van der Waals surface area contributed by atoms with Crippen molar-refractivity contribution in [1.82, 2.24) is 15.0 Å². The monoisotopic (exact) mass is 199 g/mol. The first-order valence-electron chi connectivity index (χ1n) is 4.44. The maximum absolute atomic E-state index is 8.74. The molecule has 0 amide bonds. The van der Waals surface area contributed by atoms with Gasteiger partial charge < -0.3 is 10.3 Å². The van der Waals surface area contributed by atoms with E-state index >= 15 is 0 Å². The van der Waals surface area contributed by atoms with E-state index in [0.29, 0.717) is 17.3 Å². The van der Waals surface area contributed by atoms with Gasteiger partial charge in [0.2, 0.25) is 0 Å². The van der Waals surface area contributed by atoms with Gasteiger partial charge in [0, 0.05) is 12.3 Å². The van der Waals surface area contributed by atoms with E-state index < -0.39 is 0 Å². The summed E-state index contributed by atoms with van der Waals surface area (Å²) in [6.07, 6.45) is 1.81. The SMILES string of the molecule is Cc1nc(C#N)cc(Nc2ccc[nH]2)n1. The lowest BCUT2D eigenvalue weighted by Gasteiger charge is -2.03. The topological polar surface area (TPSA) is 77.4 Å². The van der Waals surface area contributed by atoms with Crippen LogP contribution >= 0.6 is 0 Å². The molecule has 5 nitrogen and oxygen atoms in total. The van der Waals surface area contributed by atoms with Crippen molar-refractivity contribution in [2.45, 2.75) is 6.92 Å². The van der Waals surface area contributed by atoms with Gasteiger partial charge in [-0.1, -0.05) is 0 Å². The van der Waals surface area contributed by atoms with Gasteiger partial charge in [0.25, 0.3) is 0 Å². The van der Waals surface area contributed by atoms with Crippen LogP contribution in [-0.4, -0.2) is 15.0 Å². The van der Waals surface area contributed by atoms with E-state index in [-0.39, 0.29) is 0 Å². The molecule has 0 saturated heterocycles. The molecule has 0 saturated carbocycles. The number of nitrogens with zero attached hydrogens (tertiary/aromatic N) is 3. The van der Waals surface area contributed by atoms with E-state index in [4.69, 9.17) is 5.26 Å². The van der Waals surface area contributed by atoms with Crippen LogP contribution in [0.4, 0.5) is 11.6 Å². The van der Waals surface area contributed by atoms with Crippen molar-refractivity contribution in [3.63, 3.8) is 0 Å². The van der Waals surface area contributed by atoms with Gasteiger partial charge in [-0.2, -0.15) is 5.26 Å². The third-order valence-electron chi connectivity index (χ3n) is 1.81. The van der Waals surface area contributed by atoms with E-state index in [1.54, 1.807) is 13.0 Å². The highest BCUT2D eigenvalue weighted by molar-refractivity contribution is 5.52. The highest BCUT2D eigenvalue weighted by Gasteiger charge is 2.01. The first kappa shape index (κ1) is 9.21. The maximum Gasteiger partial charge on any atom is 0.146 e. The van der Waals surface area contributed by atoms with Gasteiger partial charge >= 0.3 is 0 Å². The van der Waals surface area contributed by atoms with E-state index in [9.17, 15) is 0 Å². The molecule has 5 heteroatoms. The van der Waals surface area contributed by atoms with Crippen LogP contribution in [0.2, 0.25) is 0 Å². The second kappa shape index (κ2) is 3.80. The quantitative estimate of drug-likeness (QED) is 0.772. The van der Waals surface area contributed by atoms with E-state index in [2.05, 4.69) is 20.3 Å². The molecule has 0 fully saturated rings. The van der Waals surface area contributed by atoms with Gasteiger partial charge in [-0.15, -0.1) is 0 Å². The summed E-state index contributed by atoms with van der Waals surface area (Å²) in [5.74, 6) is 2.02. The van der Waals surface area contributed by atoms with Crippen LogP contribution in [0.25, 0.3) is 0 Å². The summed E-state index contributed by atoms with van der Waals surface area (Å²) in [7, 11) is 0. The second-order valence-corrected chi connectivity index (χ2v) is 3.01. The zero-order valence-electron chi connectivity index (χ0n) is 8.15. The van der Waals surface area contributed by atoms with Crippen LogP contribution < -0.4 is 5.32 Å². The molecule has 0 aromatic carbocycles. The molecule has 0 radical (unpaired) electrons. The maximum atomic E-state index is 8.74. The molecule has 74 valence electrons. The number of rotatable bonds is 2. The number of nitriles is 1. The minimum absolute atomic E-state index is 0.358. The number of anilines is 2. The van der Waals surface area contributed by atoms with Crippen LogP contribution in [0, 0.1) is 18.3 Å². The lowest BCUT2D eigenvalue weighted by Crippen LogP contribution is -1.99. The molecule has 2 N–H and O–H groups in total. The highest BCUT2D eigenvalue weighted by atomic mass is 15.1. The standard InChI is InChI=1S/C10H9N5/c1-7-13-8(6-11)5-10(14-7)15-9-3-2-4-12-9/h2-5,12H,1H3,(H,13,14,15). The smallest absolute Gasteiger partial charge is 0.146 e. The number of aromatic amines is 1. The Morgan fingerprint density at radius 3 is 3.00 bits per heavy atom. The fourth-order valence-corrected chi connectivity index (χ4v) is 1.24. The molecule has 2 aromatic heterocycles. The summed E-state index contributed by atoms with van der Waals surface area (Å²) in [6, 6.07) is 7.35. The summed E-state index contributed by atoms with van der Waals surface area (Å²) < 4.78 is 0. The molecular weight excluding hydrogens is 190 g/mol. The number of hydrogen-bond donors (Lipinski definition) is 2. The fourth-order valence-electron chi connectivity index (χ4n) is 1.24. The third-order valence-corrected chi connectivity index (χ3v) is 1.81. The van der Waals surface area contributed by atoms with Crippen molar-refractivity contribution in [1.29, 1.82) is 5.26 Å². The summed E-state index contributed by atoms with van der Waals surface area (Å²) in [5.41, 5.74) is 0.358. The lowest BCUT2D eigenvalue weighted by atomic mass is 10.4. The van der Waals surface area contributed by atoms with Crippen molar-refractivity contribution in [3.05, 3.63) is 35.9 Å². The van der Waals surface area contributed by atoms with Crippen LogP contribution in [0.3, 0.4) is 0 Å². The molecule has 0 atom stereocenters. The predicted octanol–water partition coefficient (Wildman–Crippen LogP) is 1.73. The van der Waals surface area contributed by atoms with Crippen molar-refractivity contribution in [3.8, 4) is 6.07 Å². The molecule has 2 rings (SSSR count). The van der Waals surface area contributed by atoms with Gasteiger partial charge in [-0.3, -0.25) is 0 Å². The number of aryl methyl sites for hydroxylation is 1. The minimum atomic E-state index is 0.358. The minimum Gasteiger partial charge on any atom is -0.348 e. The molecule has 0 aliphatic carbocycles. The van der Waals surface area contributed by atoms with Crippen LogP contribution in [0.15, 0.2) is 24.4 Å². The Labute approximate surface area is 86.8 Å². The van der Waals surface area contributed by atoms with Gasteiger partial charge in [0.05, 0.1) is 0 Å². The molecule has 0 spiro atoms. The summed E-state index contributed by atoms with van der Waals surface area (Å²) in [4.78, 5) is 11.1. The largest absolute Gasteiger partial charge is 0.348 e. The summed E-state index contributed by atoms with van der Waals surface area (Å²) >= 11 is 0. The van der Waals surface area contributed by atoms with Gasteiger partial charge in [-0.25, -0.2) is 9.97 Å². The van der Waals surface area contributed by atoms with Gasteiger partial charge in [0.15, 0.2) is 0 Å². The van der Waals surface area contributed by atoms with E-state index in [1.165, 1.54) is 0 Å². The zero-order valence-corrected chi connectivity index (χ0v) is 8.15. The Morgan fingerprint density at radius 2 is 2.33 bits per heavy atom. The Hall–Kier alpha value is -2.35. The molecule has 2 aromatic rings. The van der Waals surface area contributed by atoms with Crippen molar-refractivity contribution in [2.24, 2.45) is 0 Å². The first-order valence-corrected chi connectivity index (χ1v) is 4.44. The Balaban J connectivity index is 2.29. The second-order valence-electron chi connectivity index (χ2n) is 3.01. The van der Waals surface area contributed by atoms with Crippen LogP contribution in [0.1, 0.15) is 11.5 Å². The summed E-state index contributed by atoms with van der Waals surface area (Å²) in [5, 5.41) is 11.8. The van der Waals surface area contributed by atoms with Crippen molar-refractivity contribution >= 4 is 11.6 Å². The molecule has 0 aliphatic heterocycles. The first-order chi connectivity index (χ1) is 7.28. The zero-order chi connectivity index (χ0) is 10.7. The molecule has 15 heavy (non-hydrogen) atoms. The number of H-pyrrole nitrogens is 1. The molecule has 0 unspecified atom stereocenters. The Bertz CT molecular complexity index is 495. The molecule has 0 bridgehead atoms. The van der Waals surface area contributed by atoms with Crippen LogP contribution in [0.5, 0.6) is 0 Å². The normalized spacial score (nSPS) is 9.60. The van der Waals surface area contributed by atoms with Gasteiger partial charge in [-0.05, 0) is 19.1 Å². The Kier molecular flexibility index (Phi) is 2.33. The fraction of sp³-hybridized carbons (Fsp3) is 0.100. The average molecular weight is 199 g/mol. The van der Waals surface area contributed by atoms with Crippen molar-refractivity contribution < 1.29 is 0 Å². The van der Waals surface area contributed by atoms with E-state index in [0.717, 1.165) is 5.82 Å². The molecule has 0 aliphatic rings. The molecule has 2 heterocycles. The molecular formula is C10H9N5. The highest BCUT2D eigenvalue weighted by Crippen LogP contribution is 2.12. The number of hydrogen-bond acceptors (Lipinski definition) is 4. The number of aromatic nitrogens is 3. The van der Waals surface area contributed by atoms with Crippen LogP contribution in [-0.2, 0) is 0 Å².